The van der Waals surface area contributed by atoms with Crippen LogP contribution in [0, 0.1) is 26.0 Å². The van der Waals surface area contributed by atoms with Crippen LogP contribution in [0.1, 0.15) is 41.3 Å². The van der Waals surface area contributed by atoms with Crippen molar-refractivity contribution >= 4 is 29.4 Å². The third kappa shape index (κ3) is 5.45. The smallest absolute Gasteiger partial charge is 0.431 e. The number of aromatic nitrogens is 3. The molecule has 0 aliphatic rings. The zero-order valence-corrected chi connectivity index (χ0v) is 21.5. The predicted molar refractivity (Wildman–Crippen MR) is 136 cm³/mol. The Bertz CT molecular complexity index is 1630. The number of carbonyl (C=O) groups excluding carboxylic acids is 1. The lowest BCUT2D eigenvalue weighted by Crippen LogP contribution is -2.31. The number of rotatable bonds is 9. The Morgan fingerprint density at radius 1 is 1.12 bits per heavy atom. The molecule has 216 valence electrons. The molecule has 0 amide bonds. The number of carbonyl (C=O) groups is 1. The van der Waals surface area contributed by atoms with E-state index < -0.39 is 67.2 Å². The second kappa shape index (κ2) is 11.5. The summed E-state index contributed by atoms with van der Waals surface area (Å²) in [5.41, 5.74) is -9.29. The number of nitro groups is 2. The molecule has 17 heteroatoms. The summed E-state index contributed by atoms with van der Waals surface area (Å²) in [6.45, 7) is 3.18. The number of aldehydes is 1. The minimum absolute atomic E-state index is 0.0450. The van der Waals surface area contributed by atoms with Gasteiger partial charge in [0.15, 0.2) is 17.8 Å². The molecule has 0 unspecified atom stereocenters. The minimum atomic E-state index is -5.44. The highest BCUT2D eigenvalue weighted by Gasteiger charge is 2.41. The Balaban J connectivity index is 2.57. The van der Waals surface area contributed by atoms with Crippen LogP contribution in [0.25, 0.3) is 11.8 Å². The van der Waals surface area contributed by atoms with Crippen LogP contribution in [0.3, 0.4) is 0 Å². The summed E-state index contributed by atoms with van der Waals surface area (Å²) in [4.78, 5) is 54.4. The molecule has 1 N–H and O–H groups in total. The minimum Gasteiger partial charge on any atom is -0.501 e. The van der Waals surface area contributed by atoms with Crippen molar-refractivity contribution in [1.29, 1.82) is 0 Å². The molecule has 0 atom stereocenters. The fourth-order valence-electron chi connectivity index (χ4n) is 4.17. The van der Waals surface area contributed by atoms with Crippen molar-refractivity contribution in [3.05, 3.63) is 89.3 Å². The van der Waals surface area contributed by atoms with Gasteiger partial charge < -0.3 is 10.0 Å². The van der Waals surface area contributed by atoms with Gasteiger partial charge in [0.25, 0.3) is 5.69 Å². The average Bonchev–Trinajstić information content (AvgIpc) is 2.90. The van der Waals surface area contributed by atoms with E-state index in [1.807, 2.05) is 0 Å². The molecule has 0 aliphatic carbocycles. The molecular formula is C24H20F4N6O7. The molecule has 2 aromatic heterocycles. The van der Waals surface area contributed by atoms with Gasteiger partial charge >= 0.3 is 17.4 Å². The van der Waals surface area contributed by atoms with Crippen LogP contribution in [-0.2, 0) is 12.8 Å². The summed E-state index contributed by atoms with van der Waals surface area (Å²) >= 11 is 0. The van der Waals surface area contributed by atoms with Crippen molar-refractivity contribution in [2.45, 2.75) is 32.9 Å². The monoisotopic (exact) mass is 580 g/mol. The van der Waals surface area contributed by atoms with Crippen LogP contribution in [0.5, 0.6) is 5.75 Å². The molecule has 0 fully saturated rings. The molecule has 0 saturated heterocycles. The first-order valence-corrected chi connectivity index (χ1v) is 11.6. The lowest BCUT2D eigenvalue weighted by atomic mass is 10.1. The molecule has 0 radical (unpaired) electrons. The molecule has 0 saturated carbocycles. The first-order chi connectivity index (χ1) is 19.2. The average molecular weight is 580 g/mol. The summed E-state index contributed by atoms with van der Waals surface area (Å²) in [6.07, 6.45) is -4.17. The van der Waals surface area contributed by atoms with E-state index in [0.29, 0.717) is 17.7 Å². The highest BCUT2D eigenvalue weighted by atomic mass is 19.4. The van der Waals surface area contributed by atoms with E-state index >= 15 is 0 Å². The maximum absolute atomic E-state index is 14.7. The van der Waals surface area contributed by atoms with Crippen LogP contribution in [0.15, 0.2) is 35.0 Å². The Morgan fingerprint density at radius 3 is 2.17 bits per heavy atom. The molecule has 0 spiro atoms. The Labute approximate surface area is 227 Å². The van der Waals surface area contributed by atoms with Crippen LogP contribution < -0.4 is 10.5 Å². The van der Waals surface area contributed by atoms with Crippen LogP contribution in [-0.4, -0.2) is 49.0 Å². The SMILES string of the molecule is CCc1ncnc(CC)c1-n1c(C=O)c(/C=C(\N(C)c2c(F)cccc2[N+](=O)[O-])C(F)(F)F)c(O)c([N+](=O)[O-])c1=O. The van der Waals surface area contributed by atoms with Gasteiger partial charge in [0, 0.05) is 13.1 Å². The van der Waals surface area contributed by atoms with Gasteiger partial charge in [0.1, 0.15) is 17.7 Å². The van der Waals surface area contributed by atoms with Gasteiger partial charge in [-0.2, -0.15) is 13.2 Å². The molecule has 3 rings (SSSR count). The van der Waals surface area contributed by atoms with Crippen LogP contribution >= 0.6 is 0 Å². The van der Waals surface area contributed by atoms with E-state index in [1.165, 1.54) is 0 Å². The van der Waals surface area contributed by atoms with Crippen molar-refractivity contribution in [2.75, 3.05) is 11.9 Å². The molecule has 41 heavy (non-hydrogen) atoms. The number of nitrogens with zero attached hydrogens (tertiary/aromatic N) is 6. The first kappa shape index (κ1) is 30.3. The van der Waals surface area contributed by atoms with E-state index in [2.05, 4.69) is 9.97 Å². The fraction of sp³-hybridized carbons (Fsp3) is 0.250. The van der Waals surface area contributed by atoms with Crippen molar-refractivity contribution in [3.63, 3.8) is 0 Å². The fourth-order valence-corrected chi connectivity index (χ4v) is 4.17. The number of aryl methyl sites for hydroxylation is 2. The molecule has 13 nitrogen and oxygen atoms in total. The number of para-hydroxylation sites is 1. The maximum Gasteiger partial charge on any atom is 0.431 e. The number of aromatic hydroxyl groups is 1. The zero-order valence-electron chi connectivity index (χ0n) is 21.5. The number of benzene rings is 1. The second-order valence-electron chi connectivity index (χ2n) is 8.29. The topological polar surface area (TPSA) is 175 Å². The highest BCUT2D eigenvalue weighted by molar-refractivity contribution is 5.86. The van der Waals surface area contributed by atoms with E-state index in [-0.39, 0.29) is 47.2 Å². The number of pyridine rings is 1. The van der Waals surface area contributed by atoms with Gasteiger partial charge in [0.05, 0.1) is 32.5 Å². The van der Waals surface area contributed by atoms with Crippen LogP contribution in [0.2, 0.25) is 0 Å². The summed E-state index contributed by atoms with van der Waals surface area (Å²) in [7, 11) is 0.627. The normalized spacial score (nSPS) is 11.8. The summed E-state index contributed by atoms with van der Waals surface area (Å²) in [5, 5.41) is 34.0. The number of anilines is 1. The van der Waals surface area contributed by atoms with Crippen molar-refractivity contribution in [2.24, 2.45) is 0 Å². The summed E-state index contributed by atoms with van der Waals surface area (Å²) < 4.78 is 58.2. The van der Waals surface area contributed by atoms with Gasteiger partial charge in [-0.1, -0.05) is 19.9 Å². The maximum atomic E-state index is 14.7. The summed E-state index contributed by atoms with van der Waals surface area (Å²) in [6, 6.07) is 2.31. The number of allylic oxidation sites excluding steroid dienone is 1. The molecular weight excluding hydrogens is 560 g/mol. The third-order valence-corrected chi connectivity index (χ3v) is 5.99. The van der Waals surface area contributed by atoms with Crippen molar-refractivity contribution < 1.29 is 37.3 Å². The van der Waals surface area contributed by atoms with Crippen molar-refractivity contribution in [1.82, 2.24) is 14.5 Å². The molecule has 0 aliphatic heterocycles. The standard InChI is InChI=1S/C24H20F4N6O7/c1-4-14-20(15(5-2)30-11-29-14)32-17(10-35)12(22(36)21(23(32)37)34(40)41)9-18(24(26,27)28)31(3)19-13(25)7-6-8-16(19)33(38)39/h6-11,36H,4-5H2,1-3H3/b18-9-. The third-order valence-electron chi connectivity index (χ3n) is 5.99. The number of alkyl halides is 3. The lowest BCUT2D eigenvalue weighted by Gasteiger charge is -2.25. The molecule has 0 bridgehead atoms. The predicted octanol–water partition coefficient (Wildman–Crippen LogP) is 4.27. The van der Waals surface area contributed by atoms with E-state index in [0.717, 1.165) is 18.5 Å². The van der Waals surface area contributed by atoms with Gasteiger partial charge in [-0.3, -0.25) is 34.4 Å². The van der Waals surface area contributed by atoms with E-state index in [1.54, 1.807) is 13.8 Å². The number of nitro benzene ring substituents is 1. The first-order valence-electron chi connectivity index (χ1n) is 11.6. The Kier molecular flexibility index (Phi) is 8.50. The van der Waals surface area contributed by atoms with Gasteiger partial charge in [-0.15, -0.1) is 0 Å². The Hall–Kier alpha value is -5.22. The number of hydrogen-bond acceptors (Lipinski definition) is 10. The van der Waals surface area contributed by atoms with Gasteiger partial charge in [-0.05, 0) is 25.0 Å². The van der Waals surface area contributed by atoms with Gasteiger partial charge in [0.2, 0.25) is 5.75 Å². The largest absolute Gasteiger partial charge is 0.501 e. The molecule has 2 heterocycles. The summed E-state index contributed by atoms with van der Waals surface area (Å²) in [5.74, 6) is -3.02. The van der Waals surface area contributed by atoms with E-state index in [4.69, 9.17) is 0 Å². The highest BCUT2D eigenvalue weighted by Crippen LogP contribution is 2.40. The van der Waals surface area contributed by atoms with Crippen LogP contribution in [0.4, 0.5) is 34.6 Å². The van der Waals surface area contributed by atoms with E-state index in [9.17, 15) is 52.5 Å². The Morgan fingerprint density at radius 2 is 1.71 bits per heavy atom. The zero-order chi connectivity index (χ0) is 30.8. The number of halogens is 4. The van der Waals surface area contributed by atoms with Crippen molar-refractivity contribution in [3.8, 4) is 11.4 Å². The quantitative estimate of drug-likeness (QED) is 0.167. The second-order valence-corrected chi connectivity index (χ2v) is 8.29. The van der Waals surface area contributed by atoms with Gasteiger partial charge in [-0.25, -0.2) is 14.4 Å². The number of hydrogen-bond donors (Lipinski definition) is 1. The molecule has 1 aromatic carbocycles. The molecule has 3 aromatic rings. The lowest BCUT2D eigenvalue weighted by molar-refractivity contribution is -0.387.